The average Bonchev–Trinajstić information content (AvgIpc) is 2.63. The van der Waals surface area contributed by atoms with Crippen LogP contribution in [-0.4, -0.2) is 11.6 Å². The third-order valence-corrected chi connectivity index (χ3v) is 4.83. The zero-order valence-electron chi connectivity index (χ0n) is 14.1. The maximum atomic E-state index is 13.0. The van der Waals surface area contributed by atoms with Gasteiger partial charge < -0.3 is 5.32 Å². The number of hydrogen-bond acceptors (Lipinski definition) is 3. The summed E-state index contributed by atoms with van der Waals surface area (Å²) in [4.78, 5) is 25.8. The van der Waals surface area contributed by atoms with Gasteiger partial charge >= 0.3 is 0 Å². The standard InChI is InChI=1S/C22H17NO2/c1-13-7-5-11-18(14(13)2)23-19-12-6-10-17-20(19)22(25)16-9-4-3-8-15(16)21(17)24/h3-12,23H,1-2H3. The molecular weight excluding hydrogens is 310 g/mol. The zero-order chi connectivity index (χ0) is 17.6. The molecule has 0 amide bonds. The van der Waals surface area contributed by atoms with E-state index in [1.807, 2.05) is 44.2 Å². The minimum Gasteiger partial charge on any atom is -0.355 e. The number of aryl methyl sites for hydroxylation is 1. The van der Waals surface area contributed by atoms with Gasteiger partial charge in [0.15, 0.2) is 11.6 Å². The minimum atomic E-state index is -0.112. The van der Waals surface area contributed by atoms with Crippen molar-refractivity contribution >= 4 is 22.9 Å². The number of fused-ring (bicyclic) bond motifs is 2. The first-order valence-electron chi connectivity index (χ1n) is 8.22. The molecule has 0 unspecified atom stereocenters. The van der Waals surface area contributed by atoms with Gasteiger partial charge in [-0.1, -0.05) is 48.5 Å². The van der Waals surface area contributed by atoms with E-state index >= 15 is 0 Å². The van der Waals surface area contributed by atoms with Crippen LogP contribution in [0.2, 0.25) is 0 Å². The molecule has 0 aromatic heterocycles. The Labute approximate surface area is 146 Å². The van der Waals surface area contributed by atoms with E-state index in [0.717, 1.165) is 11.3 Å². The van der Waals surface area contributed by atoms with Crippen molar-refractivity contribution in [3.05, 3.63) is 94.0 Å². The van der Waals surface area contributed by atoms with Gasteiger partial charge in [-0.3, -0.25) is 9.59 Å². The molecule has 0 saturated heterocycles. The van der Waals surface area contributed by atoms with Crippen LogP contribution in [0, 0.1) is 13.8 Å². The zero-order valence-corrected chi connectivity index (χ0v) is 14.1. The molecule has 25 heavy (non-hydrogen) atoms. The molecule has 1 aliphatic carbocycles. The second kappa shape index (κ2) is 5.71. The summed E-state index contributed by atoms with van der Waals surface area (Å²) in [6.07, 6.45) is 0. The monoisotopic (exact) mass is 327 g/mol. The van der Waals surface area contributed by atoms with Crippen LogP contribution in [0.5, 0.6) is 0 Å². The molecule has 3 aromatic rings. The van der Waals surface area contributed by atoms with Crippen LogP contribution < -0.4 is 5.32 Å². The molecule has 0 radical (unpaired) electrons. The third kappa shape index (κ3) is 2.36. The van der Waals surface area contributed by atoms with E-state index in [1.54, 1.807) is 30.3 Å². The Morgan fingerprint density at radius 3 is 2.00 bits per heavy atom. The van der Waals surface area contributed by atoms with E-state index in [2.05, 4.69) is 5.32 Å². The molecule has 3 aromatic carbocycles. The summed E-state index contributed by atoms with van der Waals surface area (Å²) in [5, 5.41) is 3.35. The molecule has 1 aliphatic rings. The Hall–Kier alpha value is -3.20. The molecule has 4 rings (SSSR count). The fraction of sp³-hybridized carbons (Fsp3) is 0.0909. The lowest BCUT2D eigenvalue weighted by atomic mass is 9.83. The van der Waals surface area contributed by atoms with Crippen LogP contribution in [0.25, 0.3) is 0 Å². The molecular formula is C22H17NO2. The highest BCUT2D eigenvalue weighted by Gasteiger charge is 2.31. The van der Waals surface area contributed by atoms with Crippen molar-refractivity contribution in [2.45, 2.75) is 13.8 Å². The topological polar surface area (TPSA) is 46.2 Å². The fourth-order valence-electron chi connectivity index (χ4n) is 3.28. The first kappa shape index (κ1) is 15.3. The highest BCUT2D eigenvalue weighted by atomic mass is 16.1. The molecule has 0 spiro atoms. The minimum absolute atomic E-state index is 0.102. The van der Waals surface area contributed by atoms with Crippen molar-refractivity contribution in [3.8, 4) is 0 Å². The molecule has 0 heterocycles. The summed E-state index contributed by atoms with van der Waals surface area (Å²) in [7, 11) is 0. The lowest BCUT2D eigenvalue weighted by Crippen LogP contribution is -2.22. The van der Waals surface area contributed by atoms with E-state index in [0.29, 0.717) is 27.9 Å². The Morgan fingerprint density at radius 1 is 0.640 bits per heavy atom. The number of rotatable bonds is 2. The number of hydrogen-bond donors (Lipinski definition) is 1. The number of nitrogens with one attached hydrogen (secondary N) is 1. The van der Waals surface area contributed by atoms with Crippen LogP contribution in [0.3, 0.4) is 0 Å². The summed E-state index contributed by atoms with van der Waals surface area (Å²) in [5.41, 5.74) is 5.74. The molecule has 3 heteroatoms. The maximum Gasteiger partial charge on any atom is 0.196 e. The van der Waals surface area contributed by atoms with Crippen LogP contribution in [0.4, 0.5) is 11.4 Å². The van der Waals surface area contributed by atoms with E-state index < -0.39 is 0 Å². The largest absolute Gasteiger partial charge is 0.355 e. The molecule has 0 fully saturated rings. The summed E-state index contributed by atoms with van der Waals surface area (Å²) < 4.78 is 0. The maximum absolute atomic E-state index is 13.0. The number of carbonyl (C=O) groups excluding carboxylic acids is 2. The molecule has 1 N–H and O–H groups in total. The van der Waals surface area contributed by atoms with Gasteiger partial charge in [0.2, 0.25) is 0 Å². The van der Waals surface area contributed by atoms with E-state index in [9.17, 15) is 9.59 Å². The number of benzene rings is 3. The molecule has 122 valence electrons. The van der Waals surface area contributed by atoms with Crippen LogP contribution in [-0.2, 0) is 0 Å². The predicted octanol–water partition coefficient (Wildman–Crippen LogP) is 4.82. The smallest absolute Gasteiger partial charge is 0.196 e. The molecule has 0 saturated carbocycles. The van der Waals surface area contributed by atoms with E-state index in [-0.39, 0.29) is 11.6 Å². The predicted molar refractivity (Wildman–Crippen MR) is 98.9 cm³/mol. The number of carbonyl (C=O) groups is 2. The summed E-state index contributed by atoms with van der Waals surface area (Å²) in [5.74, 6) is -0.214. The highest BCUT2D eigenvalue weighted by molar-refractivity contribution is 6.30. The van der Waals surface area contributed by atoms with Gasteiger partial charge in [0, 0.05) is 22.4 Å². The van der Waals surface area contributed by atoms with Gasteiger partial charge in [-0.2, -0.15) is 0 Å². The summed E-state index contributed by atoms with van der Waals surface area (Å²) in [6.45, 7) is 4.08. The Balaban J connectivity index is 1.87. The van der Waals surface area contributed by atoms with Gasteiger partial charge in [0.1, 0.15) is 0 Å². The van der Waals surface area contributed by atoms with Crippen molar-refractivity contribution in [3.63, 3.8) is 0 Å². The number of anilines is 2. The lowest BCUT2D eigenvalue weighted by Gasteiger charge is -2.21. The molecule has 0 bridgehead atoms. The Morgan fingerprint density at radius 2 is 1.24 bits per heavy atom. The van der Waals surface area contributed by atoms with Crippen LogP contribution in [0.1, 0.15) is 43.0 Å². The second-order valence-electron chi connectivity index (χ2n) is 6.30. The normalized spacial score (nSPS) is 12.6. The van der Waals surface area contributed by atoms with Gasteiger partial charge in [-0.15, -0.1) is 0 Å². The molecule has 0 aliphatic heterocycles. The highest BCUT2D eigenvalue weighted by Crippen LogP contribution is 2.34. The first-order chi connectivity index (χ1) is 12.1. The van der Waals surface area contributed by atoms with Gasteiger partial charge in [0.05, 0.1) is 11.3 Å². The average molecular weight is 327 g/mol. The number of ketones is 2. The Bertz CT molecular complexity index is 1030. The van der Waals surface area contributed by atoms with Crippen molar-refractivity contribution in [1.29, 1.82) is 0 Å². The van der Waals surface area contributed by atoms with Crippen molar-refractivity contribution in [2.24, 2.45) is 0 Å². The molecule has 3 nitrogen and oxygen atoms in total. The van der Waals surface area contributed by atoms with Crippen LogP contribution in [0.15, 0.2) is 60.7 Å². The van der Waals surface area contributed by atoms with E-state index in [1.165, 1.54) is 5.56 Å². The summed E-state index contributed by atoms with van der Waals surface area (Å²) >= 11 is 0. The van der Waals surface area contributed by atoms with Gasteiger partial charge in [0.25, 0.3) is 0 Å². The quantitative estimate of drug-likeness (QED) is 0.574. The summed E-state index contributed by atoms with van der Waals surface area (Å²) in [6, 6.07) is 18.4. The second-order valence-corrected chi connectivity index (χ2v) is 6.30. The first-order valence-corrected chi connectivity index (χ1v) is 8.22. The Kier molecular flexibility index (Phi) is 3.50. The van der Waals surface area contributed by atoms with Crippen molar-refractivity contribution < 1.29 is 9.59 Å². The van der Waals surface area contributed by atoms with Crippen LogP contribution >= 0.6 is 0 Å². The van der Waals surface area contributed by atoms with Gasteiger partial charge in [-0.05, 0) is 37.1 Å². The third-order valence-electron chi connectivity index (χ3n) is 4.83. The van der Waals surface area contributed by atoms with E-state index in [4.69, 9.17) is 0 Å². The van der Waals surface area contributed by atoms with Gasteiger partial charge in [-0.25, -0.2) is 0 Å². The molecule has 0 atom stereocenters. The lowest BCUT2D eigenvalue weighted by molar-refractivity contribution is 0.0979. The SMILES string of the molecule is Cc1cccc(Nc2cccc3c2C(=O)c2ccccc2C3=O)c1C. The van der Waals surface area contributed by atoms with Crippen molar-refractivity contribution in [2.75, 3.05) is 5.32 Å². The van der Waals surface area contributed by atoms with Crippen molar-refractivity contribution in [1.82, 2.24) is 0 Å². The fourth-order valence-corrected chi connectivity index (χ4v) is 3.28.